The van der Waals surface area contributed by atoms with Crippen molar-refractivity contribution >= 4 is 29.3 Å². The molecule has 2 rings (SSSR count). The largest absolute Gasteiger partial charge is 0.352 e. The van der Waals surface area contributed by atoms with Crippen LogP contribution in [0, 0.1) is 12.8 Å². The fourth-order valence-electron chi connectivity index (χ4n) is 2.83. The molecule has 4 N–H and O–H groups in total. The number of benzene rings is 1. The second kappa shape index (κ2) is 8.93. The molecule has 23 heavy (non-hydrogen) atoms. The first-order chi connectivity index (χ1) is 11.1. The molecule has 2 unspecified atom stereocenters. The van der Waals surface area contributed by atoms with Crippen LogP contribution in [-0.2, 0) is 9.59 Å². The number of nitrogens with one attached hydrogen (secondary N) is 2. The third-order valence-corrected chi connectivity index (χ3v) is 5.04. The number of hydrogen-bond acceptors (Lipinski definition) is 4. The number of rotatable bonds is 7. The van der Waals surface area contributed by atoms with Crippen molar-refractivity contribution < 1.29 is 9.59 Å². The molecule has 0 aromatic heterocycles. The molecule has 0 aliphatic heterocycles. The molecule has 0 heterocycles. The van der Waals surface area contributed by atoms with Gasteiger partial charge >= 0.3 is 0 Å². The lowest BCUT2D eigenvalue weighted by Gasteiger charge is -2.19. The van der Waals surface area contributed by atoms with Gasteiger partial charge in [-0.15, -0.1) is 11.8 Å². The van der Waals surface area contributed by atoms with E-state index in [1.165, 1.54) is 11.8 Å². The zero-order chi connectivity index (χ0) is 16.7. The van der Waals surface area contributed by atoms with Crippen LogP contribution >= 0.6 is 11.8 Å². The Morgan fingerprint density at radius 1 is 1.17 bits per heavy atom. The molecule has 0 spiro atoms. The molecule has 126 valence electrons. The van der Waals surface area contributed by atoms with Gasteiger partial charge in [0.05, 0.1) is 11.5 Å². The van der Waals surface area contributed by atoms with Crippen LogP contribution in [0.5, 0.6) is 0 Å². The summed E-state index contributed by atoms with van der Waals surface area (Å²) in [7, 11) is 0. The Labute approximate surface area is 141 Å². The summed E-state index contributed by atoms with van der Waals surface area (Å²) in [4.78, 5) is 23.8. The molecule has 5 nitrogen and oxygen atoms in total. The number of anilines is 1. The maximum atomic E-state index is 11.9. The van der Waals surface area contributed by atoms with E-state index in [0.29, 0.717) is 18.2 Å². The quantitative estimate of drug-likeness (QED) is 0.711. The van der Waals surface area contributed by atoms with E-state index in [4.69, 9.17) is 5.73 Å². The molecule has 1 saturated carbocycles. The normalized spacial score (nSPS) is 20.3. The molecular weight excluding hydrogens is 310 g/mol. The lowest BCUT2D eigenvalue weighted by Crippen LogP contribution is -2.40. The second-order valence-electron chi connectivity index (χ2n) is 6.01. The Kier molecular flexibility index (Phi) is 6.92. The highest BCUT2D eigenvalue weighted by Crippen LogP contribution is 2.24. The highest BCUT2D eigenvalue weighted by atomic mass is 32.2. The third-order valence-electron chi connectivity index (χ3n) is 4.11. The van der Waals surface area contributed by atoms with E-state index >= 15 is 0 Å². The lowest BCUT2D eigenvalue weighted by molar-refractivity contribution is -0.119. The van der Waals surface area contributed by atoms with E-state index in [0.717, 1.165) is 30.5 Å². The van der Waals surface area contributed by atoms with Gasteiger partial charge < -0.3 is 16.4 Å². The summed E-state index contributed by atoms with van der Waals surface area (Å²) in [5, 5.41) is 5.86. The van der Waals surface area contributed by atoms with Crippen molar-refractivity contribution in [3.63, 3.8) is 0 Å². The van der Waals surface area contributed by atoms with Gasteiger partial charge in [-0.2, -0.15) is 0 Å². The summed E-state index contributed by atoms with van der Waals surface area (Å²) in [6.45, 7) is 2.62. The standard InChI is InChI=1S/C17H25N3O2S/c1-12-5-7-14(8-6-12)19-16(21)10-23-11-17(22)20-15-4-2-3-13(15)9-18/h5-8,13,15H,2-4,9-11,18H2,1H3,(H,19,21)(H,20,22). The molecule has 1 aromatic carbocycles. The van der Waals surface area contributed by atoms with Crippen LogP contribution in [0.2, 0.25) is 0 Å². The lowest BCUT2D eigenvalue weighted by atomic mass is 10.0. The van der Waals surface area contributed by atoms with Gasteiger partial charge in [0.1, 0.15) is 0 Å². The van der Waals surface area contributed by atoms with Crippen molar-refractivity contribution in [3.05, 3.63) is 29.8 Å². The number of hydrogen-bond donors (Lipinski definition) is 3. The van der Waals surface area contributed by atoms with Gasteiger partial charge in [0, 0.05) is 11.7 Å². The Bertz CT molecular complexity index is 533. The number of nitrogens with two attached hydrogens (primary N) is 1. The summed E-state index contributed by atoms with van der Waals surface area (Å²) < 4.78 is 0. The Balaban J connectivity index is 1.65. The molecule has 0 radical (unpaired) electrons. The molecule has 0 saturated heterocycles. The predicted octanol–water partition coefficient (Wildman–Crippen LogP) is 1.91. The van der Waals surface area contributed by atoms with Crippen molar-refractivity contribution in [2.45, 2.75) is 32.2 Å². The predicted molar refractivity (Wildman–Crippen MR) is 95.5 cm³/mol. The number of thioether (sulfide) groups is 1. The maximum absolute atomic E-state index is 11.9. The van der Waals surface area contributed by atoms with Crippen molar-refractivity contribution in [1.82, 2.24) is 5.32 Å². The van der Waals surface area contributed by atoms with Crippen molar-refractivity contribution in [2.75, 3.05) is 23.4 Å². The van der Waals surface area contributed by atoms with E-state index in [-0.39, 0.29) is 23.6 Å². The second-order valence-corrected chi connectivity index (χ2v) is 6.99. The van der Waals surface area contributed by atoms with Crippen LogP contribution in [0.15, 0.2) is 24.3 Å². The first kappa shape index (κ1) is 17.8. The fraction of sp³-hybridized carbons (Fsp3) is 0.529. The molecule has 2 atom stereocenters. The van der Waals surface area contributed by atoms with Gasteiger partial charge in [-0.25, -0.2) is 0 Å². The molecule has 2 amide bonds. The third kappa shape index (κ3) is 5.88. The topological polar surface area (TPSA) is 84.2 Å². The van der Waals surface area contributed by atoms with Gasteiger partial charge in [-0.3, -0.25) is 9.59 Å². The van der Waals surface area contributed by atoms with Crippen LogP contribution in [0.3, 0.4) is 0 Å². The van der Waals surface area contributed by atoms with Gasteiger partial charge in [0.15, 0.2) is 0 Å². The smallest absolute Gasteiger partial charge is 0.234 e. The Morgan fingerprint density at radius 3 is 2.57 bits per heavy atom. The number of amides is 2. The minimum Gasteiger partial charge on any atom is -0.352 e. The van der Waals surface area contributed by atoms with Crippen molar-refractivity contribution in [3.8, 4) is 0 Å². The van der Waals surface area contributed by atoms with Crippen molar-refractivity contribution in [2.24, 2.45) is 11.7 Å². The van der Waals surface area contributed by atoms with Crippen LogP contribution in [0.1, 0.15) is 24.8 Å². The Hall–Kier alpha value is -1.53. The SMILES string of the molecule is Cc1ccc(NC(=O)CSCC(=O)NC2CCCC2CN)cc1. The van der Waals surface area contributed by atoms with Gasteiger partial charge in [-0.05, 0) is 44.4 Å². The van der Waals surface area contributed by atoms with Crippen LogP contribution in [0.25, 0.3) is 0 Å². The zero-order valence-corrected chi connectivity index (χ0v) is 14.3. The average molecular weight is 335 g/mol. The van der Waals surface area contributed by atoms with E-state index in [1.807, 2.05) is 31.2 Å². The number of carbonyl (C=O) groups is 2. The molecule has 0 bridgehead atoms. The molecule has 1 aliphatic rings. The molecule has 1 fully saturated rings. The van der Waals surface area contributed by atoms with E-state index < -0.39 is 0 Å². The molecule has 1 aromatic rings. The van der Waals surface area contributed by atoms with E-state index in [2.05, 4.69) is 10.6 Å². The van der Waals surface area contributed by atoms with E-state index in [9.17, 15) is 9.59 Å². The first-order valence-electron chi connectivity index (χ1n) is 8.02. The average Bonchev–Trinajstić information content (AvgIpc) is 2.96. The Morgan fingerprint density at radius 2 is 1.87 bits per heavy atom. The van der Waals surface area contributed by atoms with Gasteiger partial charge in [0.25, 0.3) is 0 Å². The summed E-state index contributed by atoms with van der Waals surface area (Å²) in [5.74, 6) is 0.867. The minimum absolute atomic E-state index is 0.0107. The monoisotopic (exact) mass is 335 g/mol. The summed E-state index contributed by atoms with van der Waals surface area (Å²) in [6.07, 6.45) is 3.22. The molecule has 6 heteroatoms. The van der Waals surface area contributed by atoms with Gasteiger partial charge in [-0.1, -0.05) is 24.1 Å². The number of aryl methyl sites for hydroxylation is 1. The first-order valence-corrected chi connectivity index (χ1v) is 9.17. The fourth-order valence-corrected chi connectivity index (χ4v) is 3.46. The summed E-state index contributed by atoms with van der Waals surface area (Å²) in [6, 6.07) is 7.85. The van der Waals surface area contributed by atoms with Crippen LogP contribution in [-0.4, -0.2) is 35.9 Å². The van der Waals surface area contributed by atoms with Crippen molar-refractivity contribution in [1.29, 1.82) is 0 Å². The highest BCUT2D eigenvalue weighted by molar-refractivity contribution is 8.00. The highest BCUT2D eigenvalue weighted by Gasteiger charge is 2.27. The molecule has 1 aliphatic carbocycles. The zero-order valence-electron chi connectivity index (χ0n) is 13.5. The molecular formula is C17H25N3O2S. The minimum atomic E-state index is -0.0904. The summed E-state index contributed by atoms with van der Waals surface area (Å²) >= 11 is 1.33. The van der Waals surface area contributed by atoms with Crippen LogP contribution < -0.4 is 16.4 Å². The van der Waals surface area contributed by atoms with Crippen LogP contribution in [0.4, 0.5) is 5.69 Å². The maximum Gasteiger partial charge on any atom is 0.234 e. The number of carbonyl (C=O) groups excluding carboxylic acids is 2. The van der Waals surface area contributed by atoms with Gasteiger partial charge in [0.2, 0.25) is 11.8 Å². The summed E-state index contributed by atoms with van der Waals surface area (Å²) in [5.41, 5.74) is 7.64. The van der Waals surface area contributed by atoms with E-state index in [1.54, 1.807) is 0 Å².